The summed E-state index contributed by atoms with van der Waals surface area (Å²) in [5.74, 6) is -0.576. The van der Waals surface area contributed by atoms with Crippen molar-refractivity contribution in [3.8, 4) is 0 Å². The first kappa shape index (κ1) is 23.4. The molecule has 0 aromatic carbocycles. The summed E-state index contributed by atoms with van der Waals surface area (Å²) >= 11 is 0. The average Bonchev–Trinajstić information content (AvgIpc) is 2.67. The number of halogens is 2. The number of amides is 1. The van der Waals surface area contributed by atoms with E-state index in [0.29, 0.717) is 13.1 Å². The smallest absolute Gasteiger partial charge is 0.318 e. The number of nitrogens with one attached hydrogen (secondary N) is 1. The van der Waals surface area contributed by atoms with Gasteiger partial charge in [0.2, 0.25) is 5.91 Å². The predicted octanol–water partition coefficient (Wildman–Crippen LogP) is 0.875. The number of anilines is 1. The first-order chi connectivity index (χ1) is 12.1. The SMILES string of the molecule is Cl.Cl.O=C(O)CNN1CCC(C(=O)N2CCN(c3ccncc3)CC2)CC1. The van der Waals surface area contributed by atoms with Crippen molar-refractivity contribution in [2.45, 2.75) is 12.8 Å². The summed E-state index contributed by atoms with van der Waals surface area (Å²) in [5, 5.41) is 10.6. The Labute approximate surface area is 171 Å². The van der Waals surface area contributed by atoms with Crippen LogP contribution in [-0.2, 0) is 9.59 Å². The second-order valence-electron chi connectivity index (χ2n) is 6.51. The number of pyridine rings is 1. The normalized spacial score (nSPS) is 18.4. The van der Waals surface area contributed by atoms with Crippen molar-refractivity contribution in [2.75, 3.05) is 50.7 Å². The van der Waals surface area contributed by atoms with E-state index in [1.807, 2.05) is 22.0 Å². The van der Waals surface area contributed by atoms with Gasteiger partial charge in [-0.15, -0.1) is 24.8 Å². The number of carboxylic acids is 1. The van der Waals surface area contributed by atoms with E-state index in [1.165, 1.54) is 0 Å². The van der Waals surface area contributed by atoms with Gasteiger partial charge in [-0.3, -0.25) is 14.6 Å². The van der Waals surface area contributed by atoms with Crippen LogP contribution in [0.2, 0.25) is 0 Å². The molecule has 2 aliphatic rings. The van der Waals surface area contributed by atoms with Crippen molar-refractivity contribution >= 4 is 42.4 Å². The van der Waals surface area contributed by atoms with Crippen LogP contribution in [0.25, 0.3) is 0 Å². The maximum absolute atomic E-state index is 12.7. The number of carbonyl (C=O) groups excluding carboxylic acids is 1. The summed E-state index contributed by atoms with van der Waals surface area (Å²) < 4.78 is 0. The van der Waals surface area contributed by atoms with Crippen LogP contribution in [0.15, 0.2) is 24.5 Å². The van der Waals surface area contributed by atoms with Gasteiger partial charge in [0.25, 0.3) is 0 Å². The highest BCUT2D eigenvalue weighted by Crippen LogP contribution is 2.21. The van der Waals surface area contributed by atoms with Crippen molar-refractivity contribution in [2.24, 2.45) is 5.92 Å². The standard InChI is InChI=1S/C17H25N5O3.2ClH/c23-16(24)13-19-22-7-3-14(4-8-22)17(25)21-11-9-20(10-12-21)15-1-5-18-6-2-15;;/h1-2,5-6,14,19H,3-4,7-13H2,(H,23,24);2*1H. The minimum absolute atomic E-state index is 0. The molecule has 0 atom stereocenters. The van der Waals surface area contributed by atoms with E-state index in [9.17, 15) is 9.59 Å². The van der Waals surface area contributed by atoms with E-state index in [4.69, 9.17) is 5.11 Å². The zero-order valence-electron chi connectivity index (χ0n) is 15.1. The molecule has 3 heterocycles. The number of rotatable bonds is 5. The molecule has 0 unspecified atom stereocenters. The van der Waals surface area contributed by atoms with Gasteiger partial charge in [-0.05, 0) is 25.0 Å². The highest BCUT2D eigenvalue weighted by Gasteiger charge is 2.30. The topological polar surface area (TPSA) is 89.0 Å². The average molecular weight is 420 g/mol. The number of piperidine rings is 1. The lowest BCUT2D eigenvalue weighted by atomic mass is 9.96. The molecule has 0 aliphatic carbocycles. The van der Waals surface area contributed by atoms with Gasteiger partial charge in [0, 0.05) is 63.3 Å². The van der Waals surface area contributed by atoms with Gasteiger partial charge in [-0.1, -0.05) is 0 Å². The van der Waals surface area contributed by atoms with Crippen LogP contribution in [0.3, 0.4) is 0 Å². The second-order valence-corrected chi connectivity index (χ2v) is 6.51. The summed E-state index contributed by atoms with van der Waals surface area (Å²) in [6.07, 6.45) is 5.13. The zero-order chi connectivity index (χ0) is 17.6. The molecule has 2 aliphatic heterocycles. The monoisotopic (exact) mass is 419 g/mol. The Hall–Kier alpha value is -1.61. The fraction of sp³-hybridized carbons (Fsp3) is 0.588. The molecule has 0 spiro atoms. The van der Waals surface area contributed by atoms with Crippen molar-refractivity contribution < 1.29 is 14.7 Å². The molecular formula is C17H27Cl2N5O3. The number of hydrogen-bond donors (Lipinski definition) is 2. The molecule has 2 N–H and O–H groups in total. The molecule has 0 bridgehead atoms. The first-order valence-corrected chi connectivity index (χ1v) is 8.77. The van der Waals surface area contributed by atoms with E-state index in [2.05, 4.69) is 15.3 Å². The number of carboxylic acid groups (broad SMARTS) is 1. The van der Waals surface area contributed by atoms with Gasteiger partial charge in [0.15, 0.2) is 0 Å². The fourth-order valence-electron chi connectivity index (χ4n) is 3.46. The first-order valence-electron chi connectivity index (χ1n) is 8.77. The van der Waals surface area contributed by atoms with Crippen LogP contribution in [0.5, 0.6) is 0 Å². The second kappa shape index (κ2) is 11.3. The molecular weight excluding hydrogens is 393 g/mol. The summed E-state index contributed by atoms with van der Waals surface area (Å²) in [6, 6.07) is 3.99. The summed E-state index contributed by atoms with van der Waals surface area (Å²) in [7, 11) is 0. The van der Waals surface area contributed by atoms with Crippen molar-refractivity contribution in [1.29, 1.82) is 0 Å². The summed E-state index contributed by atoms with van der Waals surface area (Å²) in [5.41, 5.74) is 4.03. The molecule has 2 fully saturated rings. The molecule has 27 heavy (non-hydrogen) atoms. The van der Waals surface area contributed by atoms with Crippen LogP contribution >= 0.6 is 24.8 Å². The minimum Gasteiger partial charge on any atom is -0.480 e. The third kappa shape index (κ3) is 6.49. The Bertz CT molecular complexity index is 591. The Morgan fingerprint density at radius 3 is 2.19 bits per heavy atom. The van der Waals surface area contributed by atoms with Gasteiger partial charge in [-0.2, -0.15) is 0 Å². The minimum atomic E-state index is -0.870. The van der Waals surface area contributed by atoms with Crippen LogP contribution in [0.4, 0.5) is 5.69 Å². The van der Waals surface area contributed by atoms with Gasteiger partial charge >= 0.3 is 5.97 Å². The Morgan fingerprint density at radius 1 is 1.04 bits per heavy atom. The molecule has 2 saturated heterocycles. The van der Waals surface area contributed by atoms with Crippen molar-refractivity contribution in [3.63, 3.8) is 0 Å². The Kier molecular flexibility index (Phi) is 9.79. The van der Waals surface area contributed by atoms with Crippen LogP contribution in [-0.4, -0.2) is 77.7 Å². The fourth-order valence-corrected chi connectivity index (χ4v) is 3.46. The number of piperazine rings is 1. The number of hydrogen-bond acceptors (Lipinski definition) is 6. The van der Waals surface area contributed by atoms with Gasteiger partial charge in [-0.25, -0.2) is 10.4 Å². The third-order valence-electron chi connectivity index (χ3n) is 4.92. The lowest BCUT2D eigenvalue weighted by molar-refractivity contribution is -0.140. The highest BCUT2D eigenvalue weighted by molar-refractivity contribution is 5.85. The molecule has 1 aromatic heterocycles. The largest absolute Gasteiger partial charge is 0.480 e. The third-order valence-corrected chi connectivity index (χ3v) is 4.92. The van der Waals surface area contributed by atoms with Gasteiger partial charge < -0.3 is 14.9 Å². The highest BCUT2D eigenvalue weighted by atomic mass is 35.5. The molecule has 10 heteroatoms. The van der Waals surface area contributed by atoms with E-state index < -0.39 is 5.97 Å². The molecule has 152 valence electrons. The van der Waals surface area contributed by atoms with Crippen LogP contribution in [0.1, 0.15) is 12.8 Å². The molecule has 3 rings (SSSR count). The van der Waals surface area contributed by atoms with E-state index >= 15 is 0 Å². The van der Waals surface area contributed by atoms with Crippen LogP contribution in [0, 0.1) is 5.92 Å². The van der Waals surface area contributed by atoms with E-state index in [-0.39, 0.29) is 43.2 Å². The maximum atomic E-state index is 12.7. The number of aromatic nitrogens is 1. The lowest BCUT2D eigenvalue weighted by Crippen LogP contribution is -2.53. The van der Waals surface area contributed by atoms with Crippen LogP contribution < -0.4 is 10.3 Å². The molecule has 1 amide bonds. The number of hydrazine groups is 1. The lowest BCUT2D eigenvalue weighted by Gasteiger charge is -2.39. The predicted molar refractivity (Wildman–Crippen MR) is 107 cm³/mol. The Morgan fingerprint density at radius 2 is 1.63 bits per heavy atom. The number of carbonyl (C=O) groups is 2. The maximum Gasteiger partial charge on any atom is 0.318 e. The van der Waals surface area contributed by atoms with E-state index in [0.717, 1.165) is 44.7 Å². The van der Waals surface area contributed by atoms with Gasteiger partial charge in [0.05, 0.1) is 0 Å². The Balaban J connectivity index is 0.00000182. The molecule has 8 nitrogen and oxygen atoms in total. The zero-order valence-corrected chi connectivity index (χ0v) is 16.8. The molecule has 0 saturated carbocycles. The molecule has 0 radical (unpaired) electrons. The number of aliphatic carboxylic acids is 1. The number of nitrogens with zero attached hydrogens (tertiary/aromatic N) is 4. The summed E-state index contributed by atoms with van der Waals surface area (Å²) in [4.78, 5) is 31.6. The van der Waals surface area contributed by atoms with Crippen molar-refractivity contribution in [1.82, 2.24) is 20.3 Å². The van der Waals surface area contributed by atoms with E-state index in [1.54, 1.807) is 12.4 Å². The molecule has 1 aromatic rings. The van der Waals surface area contributed by atoms with Crippen molar-refractivity contribution in [3.05, 3.63) is 24.5 Å². The quantitative estimate of drug-likeness (QED) is 0.731. The summed E-state index contributed by atoms with van der Waals surface area (Å²) in [6.45, 7) is 4.53. The van der Waals surface area contributed by atoms with Gasteiger partial charge in [0.1, 0.15) is 6.54 Å².